The SMILES string of the molecule is C[C@H](OC1CCCCO1)c1nccn1Cc1cc(-c2ccc(C#CC3=CCN=CC3)cc2)on1. The molecule has 2 aliphatic heterocycles. The fraction of sp³-hybridized carbons (Fsp3) is 0.370. The van der Waals surface area contributed by atoms with E-state index in [1.165, 1.54) is 0 Å². The van der Waals surface area contributed by atoms with Crippen LogP contribution in [0.2, 0.25) is 0 Å². The van der Waals surface area contributed by atoms with Crippen LogP contribution in [-0.4, -0.2) is 40.4 Å². The minimum Gasteiger partial charge on any atom is -0.356 e. The standard InChI is InChI=1S/C27H28N4O3/c1-20(33-26-4-2-3-17-32-26)27-29-15-16-31(27)19-24-18-25(34-30-24)23-9-7-21(8-10-23)5-6-22-11-13-28-14-12-22/h7-11,14-16,18,20,26H,2-4,12-13,17,19H2,1H3/t20-,26?/m0/s1. The Morgan fingerprint density at radius 2 is 2.12 bits per heavy atom. The van der Waals surface area contributed by atoms with E-state index in [0.29, 0.717) is 6.54 Å². The number of dihydropyridines is 1. The van der Waals surface area contributed by atoms with Crippen molar-refractivity contribution in [1.29, 1.82) is 0 Å². The number of aliphatic imine (C=N–C) groups is 1. The van der Waals surface area contributed by atoms with Crippen molar-refractivity contribution < 1.29 is 14.0 Å². The number of benzene rings is 1. The fourth-order valence-corrected chi connectivity index (χ4v) is 4.07. The lowest BCUT2D eigenvalue weighted by atomic mass is 10.1. The smallest absolute Gasteiger partial charge is 0.167 e. The van der Waals surface area contributed by atoms with Gasteiger partial charge in [0.05, 0.1) is 13.1 Å². The molecule has 2 aliphatic rings. The van der Waals surface area contributed by atoms with E-state index in [2.05, 4.69) is 33.0 Å². The van der Waals surface area contributed by atoms with Crippen molar-refractivity contribution in [1.82, 2.24) is 14.7 Å². The average Bonchev–Trinajstić information content (AvgIpc) is 3.55. The monoisotopic (exact) mass is 456 g/mol. The van der Waals surface area contributed by atoms with Gasteiger partial charge >= 0.3 is 0 Å². The van der Waals surface area contributed by atoms with Crippen LogP contribution in [0.15, 0.2) is 63.9 Å². The minimum absolute atomic E-state index is 0.159. The number of hydrogen-bond donors (Lipinski definition) is 0. The quantitative estimate of drug-likeness (QED) is 0.491. The van der Waals surface area contributed by atoms with Gasteiger partial charge in [-0.1, -0.05) is 23.1 Å². The molecule has 0 N–H and O–H groups in total. The Balaban J connectivity index is 1.22. The van der Waals surface area contributed by atoms with Gasteiger partial charge in [-0.25, -0.2) is 4.98 Å². The predicted octanol–water partition coefficient (Wildman–Crippen LogP) is 4.94. The second-order valence-corrected chi connectivity index (χ2v) is 8.48. The summed E-state index contributed by atoms with van der Waals surface area (Å²) < 4.78 is 19.5. The summed E-state index contributed by atoms with van der Waals surface area (Å²) in [4.78, 5) is 8.69. The number of nitrogens with zero attached hydrogens (tertiary/aromatic N) is 4. The Hall–Kier alpha value is -3.47. The number of hydrogen-bond acceptors (Lipinski definition) is 6. The van der Waals surface area contributed by atoms with Crippen molar-refractivity contribution in [3.05, 3.63) is 71.5 Å². The first-order chi connectivity index (χ1) is 16.7. The second-order valence-electron chi connectivity index (χ2n) is 8.48. The van der Waals surface area contributed by atoms with Gasteiger partial charge < -0.3 is 18.6 Å². The zero-order chi connectivity index (χ0) is 23.2. The van der Waals surface area contributed by atoms with E-state index in [4.69, 9.17) is 14.0 Å². The van der Waals surface area contributed by atoms with E-state index in [1.54, 1.807) is 6.20 Å². The normalized spacial score (nSPS) is 18.7. The summed E-state index contributed by atoms with van der Waals surface area (Å²) in [7, 11) is 0. The zero-order valence-corrected chi connectivity index (χ0v) is 19.3. The molecule has 7 nitrogen and oxygen atoms in total. The number of aromatic nitrogens is 3. The maximum Gasteiger partial charge on any atom is 0.167 e. The van der Waals surface area contributed by atoms with Crippen molar-refractivity contribution in [2.75, 3.05) is 13.2 Å². The Morgan fingerprint density at radius 1 is 1.21 bits per heavy atom. The Labute approximate surface area is 199 Å². The number of imidazole rings is 1. The highest BCUT2D eigenvalue weighted by Crippen LogP contribution is 2.25. The third-order valence-electron chi connectivity index (χ3n) is 5.92. The summed E-state index contributed by atoms with van der Waals surface area (Å²) in [5, 5.41) is 4.27. The molecule has 0 saturated carbocycles. The van der Waals surface area contributed by atoms with Crippen LogP contribution in [0.4, 0.5) is 0 Å². The third-order valence-corrected chi connectivity index (χ3v) is 5.92. The molecule has 174 valence electrons. The molecule has 0 aliphatic carbocycles. The first-order valence-electron chi connectivity index (χ1n) is 11.8. The highest BCUT2D eigenvalue weighted by molar-refractivity contribution is 5.66. The highest BCUT2D eigenvalue weighted by atomic mass is 16.7. The lowest BCUT2D eigenvalue weighted by Gasteiger charge is -2.26. The molecule has 2 atom stereocenters. The van der Waals surface area contributed by atoms with Crippen molar-refractivity contribution in [2.45, 2.75) is 51.5 Å². The lowest BCUT2D eigenvalue weighted by molar-refractivity contribution is -0.188. The predicted molar refractivity (Wildman–Crippen MR) is 129 cm³/mol. The van der Waals surface area contributed by atoms with E-state index in [9.17, 15) is 0 Å². The van der Waals surface area contributed by atoms with Crippen LogP contribution in [0.25, 0.3) is 11.3 Å². The zero-order valence-electron chi connectivity index (χ0n) is 19.3. The number of allylic oxidation sites excluding steroid dienone is 1. The summed E-state index contributed by atoms with van der Waals surface area (Å²) in [6, 6.07) is 9.98. The summed E-state index contributed by atoms with van der Waals surface area (Å²) in [5.41, 5.74) is 3.87. The molecule has 5 rings (SSSR count). The first-order valence-corrected chi connectivity index (χ1v) is 11.8. The minimum atomic E-state index is -0.171. The Kier molecular flexibility index (Phi) is 6.99. The van der Waals surface area contributed by atoms with Gasteiger partial charge in [-0.3, -0.25) is 4.99 Å². The molecular weight excluding hydrogens is 428 g/mol. The largest absolute Gasteiger partial charge is 0.356 e. The van der Waals surface area contributed by atoms with Crippen molar-refractivity contribution in [3.63, 3.8) is 0 Å². The molecule has 0 amide bonds. The molecule has 0 spiro atoms. The van der Waals surface area contributed by atoms with Crippen LogP contribution >= 0.6 is 0 Å². The molecular formula is C27H28N4O3. The van der Waals surface area contributed by atoms with Crippen LogP contribution in [0.5, 0.6) is 0 Å². The Morgan fingerprint density at radius 3 is 2.91 bits per heavy atom. The van der Waals surface area contributed by atoms with Gasteiger partial charge in [0.25, 0.3) is 0 Å². The molecule has 3 aromatic rings. The van der Waals surface area contributed by atoms with E-state index < -0.39 is 0 Å². The van der Waals surface area contributed by atoms with Gasteiger partial charge in [-0.05, 0) is 50.5 Å². The van der Waals surface area contributed by atoms with E-state index in [0.717, 1.165) is 72.8 Å². The molecule has 1 fully saturated rings. The van der Waals surface area contributed by atoms with E-state index in [1.807, 2.05) is 54.2 Å². The summed E-state index contributed by atoms with van der Waals surface area (Å²) in [6.07, 6.45) is 11.3. The maximum atomic E-state index is 6.09. The molecule has 7 heteroatoms. The summed E-state index contributed by atoms with van der Waals surface area (Å²) in [5.74, 6) is 8.01. The molecule has 4 heterocycles. The molecule has 0 bridgehead atoms. The van der Waals surface area contributed by atoms with Gasteiger partial charge in [0.15, 0.2) is 12.1 Å². The third kappa shape index (κ3) is 5.53. The molecule has 2 aromatic heterocycles. The molecule has 1 aromatic carbocycles. The van der Waals surface area contributed by atoms with Crippen LogP contribution < -0.4 is 0 Å². The van der Waals surface area contributed by atoms with Crippen LogP contribution in [0, 0.1) is 11.8 Å². The van der Waals surface area contributed by atoms with Gasteiger partial charge in [-0.2, -0.15) is 0 Å². The van der Waals surface area contributed by atoms with Crippen molar-refractivity contribution >= 4 is 6.21 Å². The highest BCUT2D eigenvalue weighted by Gasteiger charge is 2.21. The van der Waals surface area contributed by atoms with Crippen molar-refractivity contribution in [3.8, 4) is 23.2 Å². The van der Waals surface area contributed by atoms with Crippen LogP contribution in [-0.2, 0) is 16.0 Å². The lowest BCUT2D eigenvalue weighted by Crippen LogP contribution is -2.24. The number of rotatable bonds is 6. The van der Waals surface area contributed by atoms with E-state index >= 15 is 0 Å². The van der Waals surface area contributed by atoms with Gasteiger partial charge in [0.2, 0.25) is 0 Å². The van der Waals surface area contributed by atoms with Gasteiger partial charge in [0.1, 0.15) is 17.6 Å². The second kappa shape index (κ2) is 10.6. The van der Waals surface area contributed by atoms with E-state index in [-0.39, 0.29) is 12.4 Å². The topological polar surface area (TPSA) is 74.7 Å². The van der Waals surface area contributed by atoms with Crippen LogP contribution in [0.3, 0.4) is 0 Å². The maximum absolute atomic E-state index is 6.09. The molecule has 34 heavy (non-hydrogen) atoms. The first kappa shape index (κ1) is 22.3. The Bertz CT molecular complexity index is 1220. The van der Waals surface area contributed by atoms with Crippen molar-refractivity contribution in [2.24, 2.45) is 4.99 Å². The fourth-order valence-electron chi connectivity index (χ4n) is 4.07. The summed E-state index contributed by atoms with van der Waals surface area (Å²) >= 11 is 0. The summed E-state index contributed by atoms with van der Waals surface area (Å²) in [6.45, 7) is 4.04. The van der Waals surface area contributed by atoms with Gasteiger partial charge in [-0.15, -0.1) is 0 Å². The average molecular weight is 457 g/mol. The van der Waals surface area contributed by atoms with Crippen LogP contribution in [0.1, 0.15) is 55.8 Å². The number of ether oxygens (including phenoxy) is 2. The van der Waals surface area contributed by atoms with Gasteiger partial charge in [0, 0.05) is 54.4 Å². The molecule has 1 unspecified atom stereocenters. The molecule has 1 saturated heterocycles. The molecule has 0 radical (unpaired) electrons.